The summed E-state index contributed by atoms with van der Waals surface area (Å²) in [5.41, 5.74) is 7.13. The van der Waals surface area contributed by atoms with Crippen LogP contribution in [0.25, 0.3) is 0 Å². The highest BCUT2D eigenvalue weighted by atomic mass is 16.5. The molecule has 0 saturated carbocycles. The first-order valence-electron chi connectivity index (χ1n) is 9.44. The van der Waals surface area contributed by atoms with Crippen LogP contribution in [0.15, 0.2) is 36.4 Å². The van der Waals surface area contributed by atoms with E-state index in [1.807, 2.05) is 24.3 Å². The van der Waals surface area contributed by atoms with E-state index >= 15 is 0 Å². The predicted molar refractivity (Wildman–Crippen MR) is 112 cm³/mol. The number of hydrogen-bond acceptors (Lipinski definition) is 6. The first-order chi connectivity index (χ1) is 14.4. The lowest BCUT2D eigenvalue weighted by Gasteiger charge is -2.22. The van der Waals surface area contributed by atoms with Crippen molar-refractivity contribution in [3.63, 3.8) is 0 Å². The van der Waals surface area contributed by atoms with Crippen LogP contribution < -0.4 is 24.7 Å². The van der Waals surface area contributed by atoms with E-state index in [2.05, 4.69) is 0 Å². The molecule has 0 spiro atoms. The first-order valence-corrected chi connectivity index (χ1v) is 9.44. The second kappa shape index (κ2) is 10.9. The number of nitrogens with zero attached hydrogens (tertiary/aromatic N) is 1. The van der Waals surface area contributed by atoms with Gasteiger partial charge in [0.2, 0.25) is 0 Å². The highest BCUT2D eigenvalue weighted by Crippen LogP contribution is 2.29. The molecule has 0 unspecified atom stereocenters. The van der Waals surface area contributed by atoms with Crippen LogP contribution >= 0.6 is 0 Å². The van der Waals surface area contributed by atoms with Gasteiger partial charge in [-0.3, -0.25) is 9.59 Å². The number of benzene rings is 2. The van der Waals surface area contributed by atoms with Crippen molar-refractivity contribution in [2.75, 3.05) is 41.5 Å². The van der Waals surface area contributed by atoms with E-state index in [1.54, 1.807) is 40.6 Å². The Bertz CT molecular complexity index is 824. The van der Waals surface area contributed by atoms with Crippen LogP contribution in [0.5, 0.6) is 23.0 Å². The van der Waals surface area contributed by atoms with Crippen LogP contribution in [0, 0.1) is 0 Å². The molecule has 0 fully saturated rings. The number of rotatable bonds is 10. The van der Waals surface area contributed by atoms with Crippen LogP contribution in [0.3, 0.4) is 0 Å². The van der Waals surface area contributed by atoms with Crippen LogP contribution in [0.1, 0.15) is 11.1 Å². The van der Waals surface area contributed by atoms with Crippen molar-refractivity contribution in [2.24, 2.45) is 5.73 Å². The lowest BCUT2D eigenvalue weighted by molar-refractivity contribution is -0.144. The Balaban J connectivity index is 2.09. The summed E-state index contributed by atoms with van der Waals surface area (Å²) >= 11 is 0. The van der Waals surface area contributed by atoms with Gasteiger partial charge in [-0.1, -0.05) is 12.1 Å². The Morgan fingerprint density at radius 3 is 1.47 bits per heavy atom. The zero-order chi connectivity index (χ0) is 22.1. The Hall–Kier alpha value is -3.42. The van der Waals surface area contributed by atoms with Crippen molar-refractivity contribution in [2.45, 2.75) is 12.8 Å². The summed E-state index contributed by atoms with van der Waals surface area (Å²) in [6, 6.07) is 11.1. The number of methoxy groups -OCH3 is 4. The van der Waals surface area contributed by atoms with Crippen LogP contribution in [0.2, 0.25) is 0 Å². The minimum atomic E-state index is -0.977. The van der Waals surface area contributed by atoms with Gasteiger partial charge in [-0.2, -0.15) is 0 Å². The Morgan fingerprint density at radius 1 is 0.733 bits per heavy atom. The van der Waals surface area contributed by atoms with Crippen LogP contribution in [-0.4, -0.2) is 58.2 Å². The molecule has 0 atom stereocenters. The Morgan fingerprint density at radius 2 is 1.13 bits per heavy atom. The average Bonchev–Trinajstić information content (AvgIpc) is 2.78. The second-order valence-electron chi connectivity index (χ2n) is 6.54. The largest absolute Gasteiger partial charge is 0.493 e. The zero-order valence-electron chi connectivity index (χ0n) is 17.8. The molecule has 162 valence electrons. The fourth-order valence-electron chi connectivity index (χ4n) is 3.07. The number of hydrogen-bond donors (Lipinski definition) is 1. The second-order valence-corrected chi connectivity index (χ2v) is 6.54. The minimum absolute atomic E-state index is 0.338. The average molecular weight is 416 g/mol. The van der Waals surface area contributed by atoms with Gasteiger partial charge in [0.1, 0.15) is 0 Å². The molecular weight excluding hydrogens is 388 g/mol. The summed E-state index contributed by atoms with van der Waals surface area (Å²) in [7, 11) is 6.26. The molecule has 0 aromatic heterocycles. The fraction of sp³-hybridized carbons (Fsp3) is 0.364. The van der Waals surface area contributed by atoms with E-state index in [4.69, 9.17) is 24.7 Å². The van der Waals surface area contributed by atoms with Crippen molar-refractivity contribution in [1.29, 1.82) is 0 Å². The van der Waals surface area contributed by atoms with Gasteiger partial charge in [-0.15, -0.1) is 0 Å². The van der Waals surface area contributed by atoms with Gasteiger partial charge in [-0.25, -0.2) is 0 Å². The molecule has 0 aliphatic rings. The highest BCUT2D eigenvalue weighted by Gasteiger charge is 2.19. The smallest absolute Gasteiger partial charge is 0.311 e. The normalized spacial score (nSPS) is 10.3. The summed E-state index contributed by atoms with van der Waals surface area (Å²) in [4.78, 5) is 25.2. The maximum absolute atomic E-state index is 12.3. The molecule has 2 aromatic carbocycles. The molecule has 0 radical (unpaired) electrons. The van der Waals surface area contributed by atoms with Crippen molar-refractivity contribution in [1.82, 2.24) is 4.90 Å². The van der Waals surface area contributed by atoms with E-state index < -0.39 is 11.8 Å². The van der Waals surface area contributed by atoms with Crippen LogP contribution in [0.4, 0.5) is 0 Å². The van der Waals surface area contributed by atoms with Crippen molar-refractivity contribution >= 4 is 11.8 Å². The fourth-order valence-corrected chi connectivity index (χ4v) is 3.07. The maximum Gasteiger partial charge on any atom is 0.311 e. The van der Waals surface area contributed by atoms with Crippen molar-refractivity contribution in [3.05, 3.63) is 47.5 Å². The van der Waals surface area contributed by atoms with E-state index in [-0.39, 0.29) is 0 Å². The van der Waals surface area contributed by atoms with Gasteiger partial charge >= 0.3 is 11.8 Å². The number of carbonyl (C=O) groups excluding carboxylic acids is 2. The van der Waals surface area contributed by atoms with Gasteiger partial charge in [0, 0.05) is 13.1 Å². The highest BCUT2D eigenvalue weighted by molar-refractivity contribution is 6.34. The van der Waals surface area contributed by atoms with Crippen LogP contribution in [-0.2, 0) is 22.4 Å². The monoisotopic (exact) mass is 416 g/mol. The lowest BCUT2D eigenvalue weighted by Crippen LogP contribution is -2.42. The predicted octanol–water partition coefficient (Wildman–Crippen LogP) is 1.82. The molecule has 0 aliphatic carbocycles. The zero-order valence-corrected chi connectivity index (χ0v) is 17.8. The molecule has 0 bridgehead atoms. The molecule has 2 N–H and O–H groups in total. The van der Waals surface area contributed by atoms with Gasteiger partial charge in [0.05, 0.1) is 28.4 Å². The summed E-state index contributed by atoms with van der Waals surface area (Å²) in [5.74, 6) is 0.770. The Labute approximate surface area is 176 Å². The number of ether oxygens (including phenoxy) is 4. The summed E-state index contributed by atoms with van der Waals surface area (Å²) in [6.07, 6.45) is 1.07. The number of carbonyl (C=O) groups is 2. The molecule has 2 amide bonds. The van der Waals surface area contributed by atoms with Gasteiger partial charge in [-0.05, 0) is 48.2 Å². The summed E-state index contributed by atoms with van der Waals surface area (Å²) < 4.78 is 21.1. The third kappa shape index (κ3) is 5.79. The molecule has 30 heavy (non-hydrogen) atoms. The molecule has 2 rings (SSSR count). The topological polar surface area (TPSA) is 100 Å². The molecule has 8 heteroatoms. The first kappa shape index (κ1) is 22.9. The van der Waals surface area contributed by atoms with Gasteiger partial charge < -0.3 is 29.6 Å². The number of nitrogens with two attached hydrogens (primary N) is 1. The van der Waals surface area contributed by atoms with Crippen molar-refractivity contribution in [3.8, 4) is 23.0 Å². The number of primary amides is 1. The summed E-state index contributed by atoms with van der Waals surface area (Å²) in [6.45, 7) is 0.676. The van der Waals surface area contributed by atoms with E-state index in [9.17, 15) is 9.59 Å². The molecule has 2 aromatic rings. The molecule has 8 nitrogen and oxygen atoms in total. The lowest BCUT2D eigenvalue weighted by atomic mass is 10.1. The summed E-state index contributed by atoms with van der Waals surface area (Å²) in [5, 5.41) is 0. The van der Waals surface area contributed by atoms with Gasteiger partial charge in [0.15, 0.2) is 23.0 Å². The van der Waals surface area contributed by atoms with Crippen molar-refractivity contribution < 1.29 is 28.5 Å². The molecular formula is C22H28N2O6. The maximum atomic E-state index is 12.3. The SMILES string of the molecule is COc1ccc(CCN(CCc2ccc(OC)c(OC)c2)C(=O)C(N)=O)cc1OC. The minimum Gasteiger partial charge on any atom is -0.493 e. The third-order valence-electron chi connectivity index (χ3n) is 4.73. The molecule has 0 aliphatic heterocycles. The van der Waals surface area contributed by atoms with Gasteiger partial charge in [0.25, 0.3) is 0 Å². The third-order valence-corrected chi connectivity index (χ3v) is 4.73. The standard InChI is InChI=1S/C22H28N2O6/c1-27-17-7-5-15(13-19(17)29-3)9-11-24(22(26)21(23)25)12-10-16-6-8-18(28-2)20(14-16)30-4/h5-8,13-14H,9-12H2,1-4H3,(H2,23,25). The van der Waals surface area contributed by atoms with E-state index in [0.717, 1.165) is 11.1 Å². The van der Waals surface area contributed by atoms with E-state index in [0.29, 0.717) is 48.9 Å². The molecule has 0 heterocycles. The quantitative estimate of drug-likeness (QED) is 0.593. The molecule has 0 saturated heterocycles. The number of amides is 2. The van der Waals surface area contributed by atoms with E-state index in [1.165, 1.54) is 4.90 Å². The Kier molecular flexibility index (Phi) is 8.34.